The van der Waals surface area contributed by atoms with E-state index in [1.807, 2.05) is 12.1 Å². The van der Waals surface area contributed by atoms with Gasteiger partial charge in [0.15, 0.2) is 0 Å². The summed E-state index contributed by atoms with van der Waals surface area (Å²) in [4.78, 5) is 0. The van der Waals surface area contributed by atoms with Crippen LogP contribution in [0.2, 0.25) is 0 Å². The predicted octanol–water partition coefficient (Wildman–Crippen LogP) is 1.92. The molecule has 0 amide bonds. The third-order valence-electron chi connectivity index (χ3n) is 2.08. The van der Waals surface area contributed by atoms with Crippen molar-refractivity contribution in [1.82, 2.24) is 5.43 Å². The van der Waals surface area contributed by atoms with Gasteiger partial charge in [0.2, 0.25) is 0 Å². The maximum Gasteiger partial charge on any atom is 0.108 e. The second-order valence-corrected chi connectivity index (χ2v) is 2.90. The summed E-state index contributed by atoms with van der Waals surface area (Å²) in [5.41, 5.74) is 3.88. The molecule has 0 aromatic carbocycles. The third-order valence-corrected chi connectivity index (χ3v) is 2.08. The molecule has 0 aliphatic carbocycles. The van der Waals surface area contributed by atoms with E-state index in [0.717, 1.165) is 24.2 Å². The monoisotopic (exact) mass is 180 g/mol. The molecule has 0 spiro atoms. The summed E-state index contributed by atoms with van der Waals surface area (Å²) >= 11 is 0. The first-order valence-electron chi connectivity index (χ1n) is 4.46. The van der Waals surface area contributed by atoms with Gasteiger partial charge in [-0.25, -0.2) is 0 Å². The number of nitrogens with one attached hydrogen (secondary N) is 1. The van der Waals surface area contributed by atoms with Gasteiger partial charge in [0, 0.05) is 12.0 Å². The summed E-state index contributed by atoms with van der Waals surface area (Å²) in [5, 5.41) is 0. The van der Waals surface area contributed by atoms with Crippen LogP contribution in [0.1, 0.15) is 30.7 Å². The molecule has 1 heterocycles. The van der Waals surface area contributed by atoms with Gasteiger partial charge in [0.1, 0.15) is 5.76 Å². The Kier molecular flexibility index (Phi) is 3.73. The minimum absolute atomic E-state index is 0.117. The Hall–Kier alpha value is -1.06. The number of rotatable bonds is 5. The summed E-state index contributed by atoms with van der Waals surface area (Å²) in [6.45, 7) is 5.75. The van der Waals surface area contributed by atoms with Gasteiger partial charge in [-0.15, -0.1) is 6.58 Å². The van der Waals surface area contributed by atoms with E-state index < -0.39 is 0 Å². The molecular formula is C10H16N2O. The van der Waals surface area contributed by atoms with Gasteiger partial charge in [-0.2, -0.15) is 0 Å². The lowest BCUT2D eigenvalue weighted by atomic mass is 10.0. The summed E-state index contributed by atoms with van der Waals surface area (Å²) in [7, 11) is 0. The molecule has 1 rings (SSSR count). The molecule has 1 aromatic heterocycles. The molecule has 72 valence electrons. The van der Waals surface area contributed by atoms with E-state index in [1.165, 1.54) is 0 Å². The van der Waals surface area contributed by atoms with E-state index >= 15 is 0 Å². The van der Waals surface area contributed by atoms with Crippen molar-refractivity contribution in [3.05, 3.63) is 36.3 Å². The third kappa shape index (κ3) is 2.20. The summed E-state index contributed by atoms with van der Waals surface area (Å²) in [6, 6.07) is 2.07. The highest BCUT2D eigenvalue weighted by atomic mass is 16.3. The first-order valence-corrected chi connectivity index (χ1v) is 4.46. The largest absolute Gasteiger partial charge is 0.469 e. The number of hydrogen-bond acceptors (Lipinski definition) is 3. The number of aryl methyl sites for hydroxylation is 1. The fourth-order valence-corrected chi connectivity index (χ4v) is 1.40. The van der Waals surface area contributed by atoms with Crippen LogP contribution >= 0.6 is 0 Å². The molecule has 0 aliphatic rings. The molecule has 0 saturated heterocycles. The van der Waals surface area contributed by atoms with Crippen molar-refractivity contribution in [1.29, 1.82) is 0 Å². The number of furan rings is 1. The zero-order valence-electron chi connectivity index (χ0n) is 7.92. The lowest BCUT2D eigenvalue weighted by molar-refractivity contribution is 0.490. The van der Waals surface area contributed by atoms with Crippen molar-refractivity contribution in [3.63, 3.8) is 0 Å². The fraction of sp³-hybridized carbons (Fsp3) is 0.400. The van der Waals surface area contributed by atoms with Crippen LogP contribution < -0.4 is 11.3 Å². The molecule has 0 bridgehead atoms. The Morgan fingerprint density at radius 2 is 2.54 bits per heavy atom. The van der Waals surface area contributed by atoms with Crippen LogP contribution in [-0.2, 0) is 6.42 Å². The van der Waals surface area contributed by atoms with E-state index in [9.17, 15) is 0 Å². The smallest absolute Gasteiger partial charge is 0.108 e. The molecule has 3 N–H and O–H groups in total. The highest BCUT2D eigenvalue weighted by Crippen LogP contribution is 2.22. The minimum atomic E-state index is 0.117. The van der Waals surface area contributed by atoms with E-state index in [1.54, 1.807) is 6.26 Å². The van der Waals surface area contributed by atoms with E-state index in [0.29, 0.717) is 0 Å². The van der Waals surface area contributed by atoms with Crippen molar-refractivity contribution >= 4 is 0 Å². The first kappa shape index (κ1) is 10.0. The topological polar surface area (TPSA) is 51.2 Å². The summed E-state index contributed by atoms with van der Waals surface area (Å²) in [6.07, 6.45) is 5.24. The predicted molar refractivity (Wildman–Crippen MR) is 53.0 cm³/mol. The zero-order valence-corrected chi connectivity index (χ0v) is 7.92. The van der Waals surface area contributed by atoms with Crippen LogP contribution in [0.3, 0.4) is 0 Å². The number of nitrogens with two attached hydrogens (primary N) is 1. The van der Waals surface area contributed by atoms with Gasteiger partial charge in [0.05, 0.1) is 12.3 Å². The number of hydrogen-bond donors (Lipinski definition) is 2. The van der Waals surface area contributed by atoms with Crippen LogP contribution in [0, 0.1) is 0 Å². The van der Waals surface area contributed by atoms with Crippen molar-refractivity contribution in [2.75, 3.05) is 0 Å². The minimum Gasteiger partial charge on any atom is -0.469 e. The Labute approximate surface area is 78.6 Å². The normalized spacial score (nSPS) is 12.8. The molecule has 0 saturated carbocycles. The highest BCUT2D eigenvalue weighted by molar-refractivity contribution is 5.21. The van der Waals surface area contributed by atoms with E-state index in [2.05, 4.69) is 18.9 Å². The molecule has 13 heavy (non-hydrogen) atoms. The van der Waals surface area contributed by atoms with Crippen molar-refractivity contribution in [2.45, 2.75) is 25.8 Å². The number of hydrazine groups is 1. The SMILES string of the molecule is C=CCC(NN)c1ccoc1CC. The Morgan fingerprint density at radius 3 is 3.08 bits per heavy atom. The highest BCUT2D eigenvalue weighted by Gasteiger charge is 2.13. The fourth-order valence-electron chi connectivity index (χ4n) is 1.40. The Morgan fingerprint density at radius 1 is 1.77 bits per heavy atom. The van der Waals surface area contributed by atoms with Crippen LogP contribution in [-0.4, -0.2) is 0 Å². The van der Waals surface area contributed by atoms with Crippen molar-refractivity contribution in [3.8, 4) is 0 Å². The molecule has 0 aliphatic heterocycles. The first-order chi connectivity index (χ1) is 6.33. The van der Waals surface area contributed by atoms with Gasteiger partial charge >= 0.3 is 0 Å². The lowest BCUT2D eigenvalue weighted by Gasteiger charge is -2.12. The second-order valence-electron chi connectivity index (χ2n) is 2.90. The quantitative estimate of drug-likeness (QED) is 0.413. The van der Waals surface area contributed by atoms with E-state index in [4.69, 9.17) is 10.3 Å². The molecule has 0 radical (unpaired) electrons. The molecule has 0 fully saturated rings. The van der Waals surface area contributed by atoms with Gasteiger partial charge in [-0.3, -0.25) is 11.3 Å². The average molecular weight is 180 g/mol. The summed E-state index contributed by atoms with van der Waals surface area (Å²) < 4.78 is 5.31. The molecule has 3 heteroatoms. The van der Waals surface area contributed by atoms with Crippen LogP contribution in [0.15, 0.2) is 29.4 Å². The Bertz CT molecular complexity index is 268. The maximum atomic E-state index is 5.43. The standard InChI is InChI=1S/C10H16N2O/c1-3-5-9(12-11)8-6-7-13-10(8)4-2/h3,6-7,9,12H,1,4-5,11H2,2H3. The van der Waals surface area contributed by atoms with Crippen LogP contribution in [0.25, 0.3) is 0 Å². The average Bonchev–Trinajstić information content (AvgIpc) is 2.61. The lowest BCUT2D eigenvalue weighted by Crippen LogP contribution is -2.27. The molecule has 1 atom stereocenters. The zero-order chi connectivity index (χ0) is 9.68. The van der Waals surface area contributed by atoms with Gasteiger partial charge in [-0.05, 0) is 12.5 Å². The van der Waals surface area contributed by atoms with Crippen LogP contribution in [0.5, 0.6) is 0 Å². The molecule has 1 unspecified atom stereocenters. The molecule has 3 nitrogen and oxygen atoms in total. The van der Waals surface area contributed by atoms with E-state index in [-0.39, 0.29) is 6.04 Å². The van der Waals surface area contributed by atoms with Crippen LogP contribution in [0.4, 0.5) is 0 Å². The Balaban J connectivity index is 2.82. The maximum absolute atomic E-state index is 5.43. The van der Waals surface area contributed by atoms with Crippen molar-refractivity contribution in [2.24, 2.45) is 5.84 Å². The van der Waals surface area contributed by atoms with Gasteiger partial charge < -0.3 is 4.42 Å². The second kappa shape index (κ2) is 4.84. The molecule has 1 aromatic rings. The van der Waals surface area contributed by atoms with Crippen molar-refractivity contribution < 1.29 is 4.42 Å². The van der Waals surface area contributed by atoms with Gasteiger partial charge in [0.25, 0.3) is 0 Å². The molecular weight excluding hydrogens is 164 g/mol. The summed E-state index contributed by atoms with van der Waals surface area (Å²) in [5.74, 6) is 6.42. The van der Waals surface area contributed by atoms with Gasteiger partial charge in [-0.1, -0.05) is 13.0 Å².